The van der Waals surface area contributed by atoms with Gasteiger partial charge in [0.1, 0.15) is 0 Å². The largest absolute Gasteiger partial charge is 0.428 e. The van der Waals surface area contributed by atoms with Gasteiger partial charge in [0.25, 0.3) is 0 Å². The number of rotatable bonds is 20. The SMILES string of the molecule is C=CC(=O)OC(F)CC(CCCCC)CCCCCCCCCCCCC. The van der Waals surface area contributed by atoms with E-state index in [0.717, 1.165) is 31.8 Å². The fourth-order valence-corrected chi connectivity index (χ4v) is 3.64. The Balaban J connectivity index is 3.81. The molecular weight excluding hydrogens is 339 g/mol. The van der Waals surface area contributed by atoms with Crippen LogP contribution in [0.3, 0.4) is 0 Å². The normalized spacial score (nSPS) is 13.3. The second kappa shape index (κ2) is 19.9. The van der Waals surface area contributed by atoms with Crippen LogP contribution in [0.25, 0.3) is 0 Å². The van der Waals surface area contributed by atoms with Gasteiger partial charge in [-0.3, -0.25) is 0 Å². The standard InChI is InChI=1S/C24H45FO2/c1-4-7-9-10-11-12-13-14-15-16-18-20-22(19-17-8-5-2)21-23(25)27-24(26)6-3/h6,22-23H,3-5,7-21H2,1-2H3. The van der Waals surface area contributed by atoms with Crippen LogP contribution in [-0.2, 0) is 9.53 Å². The molecular formula is C24H45FO2. The van der Waals surface area contributed by atoms with E-state index >= 15 is 0 Å². The average Bonchev–Trinajstić information content (AvgIpc) is 2.65. The number of ether oxygens (including phenoxy) is 1. The third kappa shape index (κ3) is 18.3. The molecule has 0 saturated carbocycles. The minimum atomic E-state index is -1.49. The predicted octanol–water partition coefficient (Wildman–Crippen LogP) is 8.30. The number of hydrogen-bond acceptors (Lipinski definition) is 2. The van der Waals surface area contributed by atoms with Crippen molar-refractivity contribution in [3.8, 4) is 0 Å². The van der Waals surface area contributed by atoms with Crippen LogP contribution in [0.2, 0.25) is 0 Å². The van der Waals surface area contributed by atoms with Crippen molar-refractivity contribution in [2.75, 3.05) is 0 Å². The van der Waals surface area contributed by atoms with Crippen molar-refractivity contribution >= 4 is 5.97 Å². The smallest absolute Gasteiger partial charge is 0.332 e. The summed E-state index contributed by atoms with van der Waals surface area (Å²) in [5, 5.41) is 0. The molecule has 0 saturated heterocycles. The van der Waals surface area contributed by atoms with Crippen LogP contribution < -0.4 is 0 Å². The summed E-state index contributed by atoms with van der Waals surface area (Å²) in [5.74, 6) is -0.341. The molecule has 2 unspecified atom stereocenters. The molecule has 0 rings (SSSR count). The number of carbonyl (C=O) groups excluding carboxylic acids is 1. The fraction of sp³-hybridized carbons (Fsp3) is 0.875. The molecule has 0 aliphatic rings. The maximum atomic E-state index is 13.9. The van der Waals surface area contributed by atoms with E-state index in [1.807, 2.05) is 0 Å². The van der Waals surface area contributed by atoms with Crippen LogP contribution in [0.4, 0.5) is 4.39 Å². The summed E-state index contributed by atoms with van der Waals surface area (Å²) in [6, 6.07) is 0. The van der Waals surface area contributed by atoms with Crippen molar-refractivity contribution < 1.29 is 13.9 Å². The van der Waals surface area contributed by atoms with E-state index in [9.17, 15) is 9.18 Å². The highest BCUT2D eigenvalue weighted by molar-refractivity contribution is 5.81. The van der Waals surface area contributed by atoms with Gasteiger partial charge in [0.15, 0.2) is 0 Å². The number of hydrogen-bond donors (Lipinski definition) is 0. The summed E-state index contributed by atoms with van der Waals surface area (Å²) in [5.41, 5.74) is 0. The zero-order valence-electron chi connectivity index (χ0n) is 18.2. The minimum Gasteiger partial charge on any atom is -0.428 e. The lowest BCUT2D eigenvalue weighted by Gasteiger charge is -2.19. The van der Waals surface area contributed by atoms with Gasteiger partial charge in [-0.2, -0.15) is 0 Å². The summed E-state index contributed by atoms with van der Waals surface area (Å²) in [4.78, 5) is 11.1. The second-order valence-electron chi connectivity index (χ2n) is 7.97. The lowest BCUT2D eigenvalue weighted by atomic mass is 9.91. The van der Waals surface area contributed by atoms with Crippen LogP contribution in [0.5, 0.6) is 0 Å². The van der Waals surface area contributed by atoms with Gasteiger partial charge in [0.05, 0.1) is 0 Å². The fourth-order valence-electron chi connectivity index (χ4n) is 3.64. The van der Waals surface area contributed by atoms with Gasteiger partial charge in [-0.05, 0) is 5.92 Å². The third-order valence-corrected chi connectivity index (χ3v) is 5.36. The quantitative estimate of drug-likeness (QED) is 0.120. The monoisotopic (exact) mass is 384 g/mol. The van der Waals surface area contributed by atoms with Crippen molar-refractivity contribution in [2.24, 2.45) is 5.92 Å². The lowest BCUT2D eigenvalue weighted by molar-refractivity contribution is -0.153. The van der Waals surface area contributed by atoms with Crippen LogP contribution in [0, 0.1) is 5.92 Å². The van der Waals surface area contributed by atoms with Gasteiger partial charge in [-0.1, -0.05) is 123 Å². The minimum absolute atomic E-state index is 0.322. The third-order valence-electron chi connectivity index (χ3n) is 5.36. The van der Waals surface area contributed by atoms with Crippen molar-refractivity contribution in [2.45, 2.75) is 129 Å². The molecule has 0 amide bonds. The number of unbranched alkanes of at least 4 members (excludes halogenated alkanes) is 12. The highest BCUT2D eigenvalue weighted by Gasteiger charge is 2.18. The van der Waals surface area contributed by atoms with Crippen molar-refractivity contribution in [3.63, 3.8) is 0 Å². The van der Waals surface area contributed by atoms with E-state index in [1.54, 1.807) is 0 Å². The van der Waals surface area contributed by atoms with Crippen LogP contribution in [0.15, 0.2) is 12.7 Å². The van der Waals surface area contributed by atoms with Gasteiger partial charge in [-0.25, -0.2) is 9.18 Å². The summed E-state index contributed by atoms with van der Waals surface area (Å²) in [6.07, 6.45) is 20.1. The maximum absolute atomic E-state index is 13.9. The summed E-state index contributed by atoms with van der Waals surface area (Å²) in [7, 11) is 0. The van der Waals surface area contributed by atoms with Crippen LogP contribution in [-0.4, -0.2) is 12.3 Å². The highest BCUT2D eigenvalue weighted by atomic mass is 19.1. The topological polar surface area (TPSA) is 26.3 Å². The number of halogens is 1. The zero-order chi connectivity index (χ0) is 20.2. The number of carbonyl (C=O) groups is 1. The second-order valence-corrected chi connectivity index (χ2v) is 7.97. The van der Waals surface area contributed by atoms with E-state index < -0.39 is 12.3 Å². The summed E-state index contributed by atoms with van der Waals surface area (Å²) < 4.78 is 18.7. The van der Waals surface area contributed by atoms with Crippen LogP contribution in [0.1, 0.15) is 123 Å². The molecule has 2 atom stereocenters. The molecule has 0 aromatic heterocycles. The highest BCUT2D eigenvalue weighted by Crippen LogP contribution is 2.24. The van der Waals surface area contributed by atoms with Gasteiger partial charge >= 0.3 is 5.97 Å². The van der Waals surface area contributed by atoms with E-state index in [4.69, 9.17) is 4.74 Å². The van der Waals surface area contributed by atoms with E-state index in [0.29, 0.717) is 12.3 Å². The molecule has 0 aromatic rings. The van der Waals surface area contributed by atoms with Gasteiger partial charge in [0.2, 0.25) is 6.36 Å². The first-order valence-electron chi connectivity index (χ1n) is 11.6. The van der Waals surface area contributed by atoms with Crippen molar-refractivity contribution in [1.82, 2.24) is 0 Å². The number of alkyl halides is 1. The Morgan fingerprint density at radius 1 is 0.815 bits per heavy atom. The Labute approximate surface area is 168 Å². The Bertz CT molecular complexity index is 343. The molecule has 0 aliphatic heterocycles. The first-order chi connectivity index (χ1) is 13.1. The molecule has 3 heteroatoms. The number of esters is 1. The summed E-state index contributed by atoms with van der Waals surface area (Å²) in [6.45, 7) is 7.76. The Hall–Kier alpha value is -0.860. The molecule has 0 aromatic carbocycles. The molecule has 0 spiro atoms. The van der Waals surface area contributed by atoms with E-state index in [-0.39, 0.29) is 0 Å². The average molecular weight is 385 g/mol. The maximum Gasteiger partial charge on any atom is 0.332 e. The lowest BCUT2D eigenvalue weighted by Crippen LogP contribution is -2.16. The molecule has 0 radical (unpaired) electrons. The molecule has 27 heavy (non-hydrogen) atoms. The molecule has 160 valence electrons. The molecule has 0 fully saturated rings. The van der Waals surface area contributed by atoms with Gasteiger partial charge in [-0.15, -0.1) is 0 Å². The van der Waals surface area contributed by atoms with Gasteiger partial charge < -0.3 is 4.74 Å². The molecule has 0 heterocycles. The Morgan fingerprint density at radius 3 is 1.70 bits per heavy atom. The predicted molar refractivity (Wildman–Crippen MR) is 115 cm³/mol. The van der Waals surface area contributed by atoms with Crippen LogP contribution >= 0.6 is 0 Å². The first-order valence-corrected chi connectivity index (χ1v) is 11.6. The summed E-state index contributed by atoms with van der Waals surface area (Å²) >= 11 is 0. The molecule has 0 bridgehead atoms. The van der Waals surface area contributed by atoms with Crippen molar-refractivity contribution in [3.05, 3.63) is 12.7 Å². The first kappa shape index (κ1) is 26.1. The van der Waals surface area contributed by atoms with Gasteiger partial charge in [0, 0.05) is 12.5 Å². The molecule has 0 aliphatic carbocycles. The van der Waals surface area contributed by atoms with E-state index in [1.165, 1.54) is 77.0 Å². The molecule has 2 nitrogen and oxygen atoms in total. The zero-order valence-corrected chi connectivity index (χ0v) is 18.2. The van der Waals surface area contributed by atoms with Crippen molar-refractivity contribution in [1.29, 1.82) is 0 Å². The Kier molecular flexibility index (Phi) is 19.3. The molecule has 0 N–H and O–H groups in total. The Morgan fingerprint density at radius 2 is 1.22 bits per heavy atom. The van der Waals surface area contributed by atoms with E-state index in [2.05, 4.69) is 20.4 Å².